The van der Waals surface area contributed by atoms with E-state index in [1.54, 1.807) is 13.0 Å². The molecule has 0 spiro atoms. The molecule has 0 fully saturated rings. The lowest BCUT2D eigenvalue weighted by Gasteiger charge is -2.15. The predicted molar refractivity (Wildman–Crippen MR) is 54.9 cm³/mol. The predicted octanol–water partition coefficient (Wildman–Crippen LogP) is 0.271. The van der Waals surface area contributed by atoms with Crippen molar-refractivity contribution in [3.63, 3.8) is 0 Å². The van der Waals surface area contributed by atoms with Crippen molar-refractivity contribution in [2.45, 2.75) is 11.8 Å². The van der Waals surface area contributed by atoms with E-state index in [9.17, 15) is 13.5 Å². The summed E-state index contributed by atoms with van der Waals surface area (Å²) < 4.78 is 24.2. The van der Waals surface area contributed by atoms with Gasteiger partial charge in [0.05, 0.1) is 0 Å². The number of aromatic hydroxyl groups is 1. The van der Waals surface area contributed by atoms with Crippen molar-refractivity contribution in [2.75, 3.05) is 13.8 Å². The average Bonchev–Trinajstić information content (AvgIpc) is 2.20. The molecule has 0 bridgehead atoms. The molecule has 5 nitrogen and oxygen atoms in total. The lowest BCUT2D eigenvalue weighted by Crippen LogP contribution is -2.27. The molecule has 0 radical (unpaired) electrons. The zero-order valence-electron chi connectivity index (χ0n) is 8.51. The first-order chi connectivity index (χ1) is 6.91. The Morgan fingerprint density at radius 2 is 2.00 bits per heavy atom. The maximum atomic E-state index is 11.7. The number of aryl methyl sites for hydroxylation is 1. The number of phenols is 1. The van der Waals surface area contributed by atoms with Gasteiger partial charge in [-0.05, 0) is 18.6 Å². The van der Waals surface area contributed by atoms with Crippen molar-refractivity contribution in [3.8, 4) is 5.75 Å². The Morgan fingerprint density at radius 1 is 1.40 bits per heavy atom. The Bertz CT molecular complexity index is 455. The van der Waals surface area contributed by atoms with Crippen molar-refractivity contribution in [1.82, 2.24) is 4.31 Å². The number of para-hydroxylation sites is 1. The first-order valence-electron chi connectivity index (χ1n) is 4.27. The van der Waals surface area contributed by atoms with Gasteiger partial charge >= 0.3 is 0 Å². The molecule has 0 aliphatic rings. The molecule has 2 N–H and O–H groups in total. The number of hydrogen-bond acceptors (Lipinski definition) is 4. The van der Waals surface area contributed by atoms with Crippen LogP contribution in [0.1, 0.15) is 5.56 Å². The maximum Gasteiger partial charge on any atom is 0.248 e. The second-order valence-electron chi connectivity index (χ2n) is 3.17. The molecule has 0 aromatic heterocycles. The molecule has 15 heavy (non-hydrogen) atoms. The Hall–Kier alpha value is -1.11. The molecule has 0 atom stereocenters. The van der Waals surface area contributed by atoms with E-state index in [4.69, 9.17) is 5.11 Å². The van der Waals surface area contributed by atoms with Crippen molar-refractivity contribution in [2.24, 2.45) is 0 Å². The van der Waals surface area contributed by atoms with Crippen LogP contribution >= 0.6 is 0 Å². The van der Waals surface area contributed by atoms with Crippen LogP contribution in [0.3, 0.4) is 0 Å². The van der Waals surface area contributed by atoms with Crippen molar-refractivity contribution in [1.29, 1.82) is 0 Å². The highest BCUT2D eigenvalue weighted by Crippen LogP contribution is 2.27. The highest BCUT2D eigenvalue weighted by molar-refractivity contribution is 7.89. The molecule has 0 aliphatic carbocycles. The topological polar surface area (TPSA) is 77.8 Å². The van der Waals surface area contributed by atoms with Gasteiger partial charge in [0.15, 0.2) is 0 Å². The van der Waals surface area contributed by atoms with Crippen LogP contribution in [0.15, 0.2) is 23.1 Å². The van der Waals surface area contributed by atoms with Gasteiger partial charge in [0.2, 0.25) is 10.0 Å². The molecule has 0 unspecified atom stereocenters. The largest absolute Gasteiger partial charge is 0.506 e. The van der Waals surface area contributed by atoms with E-state index in [1.165, 1.54) is 19.2 Å². The van der Waals surface area contributed by atoms with Crippen molar-refractivity contribution >= 4 is 10.0 Å². The maximum absolute atomic E-state index is 11.7. The molecule has 0 saturated heterocycles. The van der Waals surface area contributed by atoms with Crippen LogP contribution in [0, 0.1) is 6.92 Å². The Labute approximate surface area is 88.6 Å². The number of aliphatic hydroxyl groups excluding tert-OH is 1. The van der Waals surface area contributed by atoms with E-state index in [1.807, 2.05) is 0 Å². The molecule has 1 aromatic carbocycles. The van der Waals surface area contributed by atoms with Gasteiger partial charge < -0.3 is 10.2 Å². The number of sulfonamides is 1. The van der Waals surface area contributed by atoms with Gasteiger partial charge in [-0.25, -0.2) is 8.42 Å². The average molecular weight is 231 g/mol. The Morgan fingerprint density at radius 3 is 2.53 bits per heavy atom. The van der Waals surface area contributed by atoms with Crippen LogP contribution in [-0.2, 0) is 10.0 Å². The molecule has 0 aliphatic heterocycles. The number of hydrogen-bond donors (Lipinski definition) is 2. The van der Waals surface area contributed by atoms with Gasteiger partial charge in [-0.15, -0.1) is 0 Å². The normalized spacial score (nSPS) is 12.0. The van der Waals surface area contributed by atoms with Crippen molar-refractivity contribution in [3.05, 3.63) is 23.8 Å². The lowest BCUT2D eigenvalue weighted by atomic mass is 10.2. The fourth-order valence-corrected chi connectivity index (χ4v) is 2.23. The lowest BCUT2D eigenvalue weighted by molar-refractivity contribution is 0.199. The number of nitrogens with zero attached hydrogens (tertiary/aromatic N) is 1. The van der Waals surface area contributed by atoms with Crippen LogP contribution < -0.4 is 0 Å². The number of rotatable bonds is 3. The summed E-state index contributed by atoms with van der Waals surface area (Å²) in [7, 11) is -2.58. The Balaban J connectivity index is 3.34. The smallest absolute Gasteiger partial charge is 0.248 e. The minimum atomic E-state index is -3.81. The summed E-state index contributed by atoms with van der Waals surface area (Å²) in [5.74, 6) is -0.280. The van der Waals surface area contributed by atoms with Crippen LogP contribution in [0.4, 0.5) is 0 Å². The first kappa shape index (κ1) is 12.0. The van der Waals surface area contributed by atoms with E-state index in [0.717, 1.165) is 4.31 Å². The van der Waals surface area contributed by atoms with Gasteiger partial charge in [0.1, 0.15) is 17.4 Å². The van der Waals surface area contributed by atoms with Crippen LogP contribution in [0.2, 0.25) is 0 Å². The fraction of sp³-hybridized carbons (Fsp3) is 0.333. The third-order valence-electron chi connectivity index (χ3n) is 2.09. The minimum absolute atomic E-state index is 0.195. The second-order valence-corrected chi connectivity index (χ2v) is 5.18. The molecule has 1 aromatic rings. The van der Waals surface area contributed by atoms with E-state index in [0.29, 0.717) is 5.56 Å². The molecule has 84 valence electrons. The van der Waals surface area contributed by atoms with Gasteiger partial charge in [-0.3, -0.25) is 0 Å². The van der Waals surface area contributed by atoms with Crippen molar-refractivity contribution < 1.29 is 18.6 Å². The molecule has 0 amide bonds. The van der Waals surface area contributed by atoms with Crippen LogP contribution in [-0.4, -0.2) is 36.7 Å². The third kappa shape index (κ3) is 2.11. The van der Waals surface area contributed by atoms with Gasteiger partial charge in [0.25, 0.3) is 0 Å². The summed E-state index contributed by atoms with van der Waals surface area (Å²) in [6.07, 6.45) is 0. The molecule has 0 saturated carbocycles. The van der Waals surface area contributed by atoms with E-state index < -0.39 is 16.8 Å². The van der Waals surface area contributed by atoms with E-state index in [-0.39, 0.29) is 10.6 Å². The summed E-state index contributed by atoms with van der Waals surface area (Å²) in [5.41, 5.74) is 0.474. The van der Waals surface area contributed by atoms with Gasteiger partial charge in [-0.2, -0.15) is 4.31 Å². The SMILES string of the molecule is Cc1cccc(S(=O)(=O)N(C)CO)c1O. The standard InChI is InChI=1S/C9H13NO4S/c1-7-4-3-5-8(9(7)12)15(13,14)10(2)6-11/h3-5,11-12H,6H2,1-2H3. The molecular formula is C9H13NO4S. The summed E-state index contributed by atoms with van der Waals surface area (Å²) in [4.78, 5) is -0.195. The first-order valence-corrected chi connectivity index (χ1v) is 5.71. The summed E-state index contributed by atoms with van der Waals surface area (Å²) in [6.45, 7) is 0.975. The zero-order chi connectivity index (χ0) is 11.6. The molecule has 1 rings (SSSR count). The highest BCUT2D eigenvalue weighted by atomic mass is 32.2. The highest BCUT2D eigenvalue weighted by Gasteiger charge is 2.23. The van der Waals surface area contributed by atoms with Crippen LogP contribution in [0.5, 0.6) is 5.75 Å². The third-order valence-corrected chi connectivity index (χ3v) is 3.91. The molecule has 0 heterocycles. The minimum Gasteiger partial charge on any atom is -0.506 e. The molecule has 6 heteroatoms. The monoisotopic (exact) mass is 231 g/mol. The van der Waals surface area contributed by atoms with E-state index in [2.05, 4.69) is 0 Å². The Kier molecular flexibility index (Phi) is 3.33. The quantitative estimate of drug-likeness (QED) is 0.732. The molecular weight excluding hydrogens is 218 g/mol. The second kappa shape index (κ2) is 4.18. The van der Waals surface area contributed by atoms with Gasteiger partial charge in [-0.1, -0.05) is 12.1 Å². The van der Waals surface area contributed by atoms with Gasteiger partial charge in [0, 0.05) is 7.05 Å². The van der Waals surface area contributed by atoms with E-state index >= 15 is 0 Å². The zero-order valence-corrected chi connectivity index (χ0v) is 9.32. The van der Waals surface area contributed by atoms with Crippen LogP contribution in [0.25, 0.3) is 0 Å². The summed E-state index contributed by atoms with van der Waals surface area (Å²) >= 11 is 0. The number of aliphatic hydroxyl groups is 1. The number of benzene rings is 1. The summed E-state index contributed by atoms with van der Waals surface area (Å²) in [5, 5.41) is 18.3. The number of phenolic OH excluding ortho intramolecular Hbond substituents is 1. The fourth-order valence-electron chi connectivity index (χ4n) is 1.08. The summed E-state index contributed by atoms with van der Waals surface area (Å²) in [6, 6.07) is 4.43.